The molecule has 11 atom stereocenters. The Balaban J connectivity index is 0.822. The molecule has 0 spiro atoms. The van der Waals surface area contributed by atoms with Crippen LogP contribution in [0.5, 0.6) is 5.75 Å². The van der Waals surface area contributed by atoms with Crippen LogP contribution in [0, 0.1) is 0 Å². The van der Waals surface area contributed by atoms with Crippen LogP contribution in [0.2, 0.25) is 17.5 Å². The van der Waals surface area contributed by atoms with Crippen molar-refractivity contribution >= 4 is 64.5 Å². The van der Waals surface area contributed by atoms with Gasteiger partial charge in [-0.2, -0.15) is 11.8 Å². The summed E-state index contributed by atoms with van der Waals surface area (Å²) in [6, 6.07) is 94.4. The van der Waals surface area contributed by atoms with Gasteiger partial charge in [0.25, 0.3) is 0 Å². The average molecular weight is 1220 g/mol. The van der Waals surface area contributed by atoms with Gasteiger partial charge >= 0.3 is 0 Å². The van der Waals surface area contributed by atoms with E-state index in [0.29, 0.717) is 35.9 Å². The fraction of sp³-hybridized carbons (Fsp3) is 0.286. The number of rotatable bonds is 11. The molecule has 0 bridgehead atoms. The third kappa shape index (κ3) is 9.78. The molecule has 5 aliphatic carbocycles. The van der Waals surface area contributed by atoms with Crippen LogP contribution in [0.25, 0.3) is 33.4 Å². The van der Waals surface area contributed by atoms with E-state index in [1.165, 1.54) is 129 Å². The highest BCUT2D eigenvalue weighted by atomic mass is 32.2. The Morgan fingerprint density at radius 3 is 1.83 bits per heavy atom. The van der Waals surface area contributed by atoms with Crippen molar-refractivity contribution in [3.63, 3.8) is 0 Å². The van der Waals surface area contributed by atoms with Crippen LogP contribution in [0.4, 0.5) is 28.4 Å². The van der Waals surface area contributed by atoms with Gasteiger partial charge in [0, 0.05) is 97.8 Å². The van der Waals surface area contributed by atoms with E-state index < -0.39 is 0 Å². The molecule has 3 saturated carbocycles. The smallest absolute Gasteiger partial charge is 0.225 e. The second-order valence-electron chi connectivity index (χ2n) is 28.0. The molecule has 92 heavy (non-hydrogen) atoms. The molecule has 9 aromatic rings. The van der Waals surface area contributed by atoms with E-state index in [0.717, 1.165) is 37.9 Å². The SMILES string of the molecule is C1=CCC(N(C2CCCCC2)C2CC3Oc4ccccc4B4C5=CC6B7c8ccccc8N(c8ccccc8)C8CC(N(c9ccc(-c%10ccccc%10)cc9)c9ccccc9-c9ccccc9)CC(SC6C=C5N(c5ccccc5-c5ccccc5)C(C2)C43)C78)CC1. The maximum atomic E-state index is 7.67. The molecule has 8 heteroatoms. The molecule has 18 rings (SSSR count). The fourth-order valence-electron chi connectivity index (χ4n) is 19.7. The molecule has 0 amide bonds. The largest absolute Gasteiger partial charge is 0.491 e. The number of thioether (sulfide) groups is 1. The number of hydrogen-bond acceptors (Lipinski definition) is 6. The maximum absolute atomic E-state index is 7.67. The molecule has 0 radical (unpaired) electrons. The first-order valence-corrected chi connectivity index (χ1v) is 35.8. The normalized spacial score (nSPS) is 26.8. The first kappa shape index (κ1) is 56.6. The highest BCUT2D eigenvalue weighted by molar-refractivity contribution is 8.01. The summed E-state index contributed by atoms with van der Waals surface area (Å²) in [4.78, 5) is 11.7. The fourth-order valence-corrected chi connectivity index (χ4v) is 21.6. The third-order valence-electron chi connectivity index (χ3n) is 23.3. The molecule has 9 aromatic carbocycles. The minimum atomic E-state index is 0.0829. The molecular weight excluding hydrogens is 1130 g/mol. The lowest BCUT2D eigenvalue weighted by atomic mass is 9.23. The lowest BCUT2D eigenvalue weighted by Crippen LogP contribution is -2.68. The second kappa shape index (κ2) is 24.1. The van der Waals surface area contributed by atoms with E-state index in [4.69, 9.17) is 4.74 Å². The number of benzene rings is 9. The Labute approximate surface area is 550 Å². The van der Waals surface area contributed by atoms with Crippen molar-refractivity contribution in [2.45, 2.75) is 147 Å². The van der Waals surface area contributed by atoms with E-state index in [-0.39, 0.29) is 47.8 Å². The van der Waals surface area contributed by atoms with Gasteiger partial charge in [0.15, 0.2) is 6.71 Å². The Bertz CT molecular complexity index is 4230. The van der Waals surface area contributed by atoms with Crippen molar-refractivity contribution in [1.29, 1.82) is 0 Å². The Morgan fingerprint density at radius 2 is 1.08 bits per heavy atom. The highest BCUT2D eigenvalue weighted by Crippen LogP contribution is 2.62. The van der Waals surface area contributed by atoms with Crippen molar-refractivity contribution < 1.29 is 4.74 Å². The molecule has 9 aliphatic rings. The maximum Gasteiger partial charge on any atom is 0.225 e. The first-order chi connectivity index (χ1) is 45.7. The van der Waals surface area contributed by atoms with Crippen molar-refractivity contribution in [3.05, 3.63) is 278 Å². The van der Waals surface area contributed by atoms with E-state index in [1.807, 2.05) is 0 Å². The topological polar surface area (TPSA) is 22.2 Å². The monoisotopic (exact) mass is 1210 g/mol. The van der Waals surface area contributed by atoms with Crippen molar-refractivity contribution in [2.75, 3.05) is 14.7 Å². The molecule has 454 valence electrons. The molecule has 0 N–H and O–H groups in total. The van der Waals surface area contributed by atoms with Gasteiger partial charge in [-0.25, -0.2) is 0 Å². The van der Waals surface area contributed by atoms with Crippen molar-refractivity contribution in [2.24, 2.45) is 0 Å². The van der Waals surface area contributed by atoms with Gasteiger partial charge in [0.1, 0.15) is 5.75 Å². The van der Waals surface area contributed by atoms with Crippen LogP contribution in [0.1, 0.15) is 77.0 Å². The number of anilines is 5. The van der Waals surface area contributed by atoms with Crippen molar-refractivity contribution in [3.8, 4) is 39.1 Å². The summed E-state index contributed by atoms with van der Waals surface area (Å²) in [5, 5.41) is 0.598. The molecule has 0 aromatic heterocycles. The lowest BCUT2D eigenvalue weighted by Gasteiger charge is -2.61. The summed E-state index contributed by atoms with van der Waals surface area (Å²) < 4.78 is 7.67. The predicted octanol–water partition coefficient (Wildman–Crippen LogP) is 18.8. The Hall–Kier alpha value is -8.16. The highest BCUT2D eigenvalue weighted by Gasteiger charge is 2.62. The van der Waals surface area contributed by atoms with Crippen LogP contribution < -0.4 is 30.4 Å². The quantitative estimate of drug-likeness (QED) is 0.0944. The van der Waals surface area contributed by atoms with Gasteiger partial charge < -0.3 is 19.4 Å². The van der Waals surface area contributed by atoms with Crippen LogP contribution in [0.3, 0.4) is 0 Å². The summed E-state index contributed by atoms with van der Waals surface area (Å²) in [6.07, 6.45) is 25.4. The minimum Gasteiger partial charge on any atom is -0.491 e. The van der Waals surface area contributed by atoms with E-state index >= 15 is 0 Å². The van der Waals surface area contributed by atoms with E-state index in [1.54, 1.807) is 0 Å². The molecule has 4 aliphatic heterocycles. The van der Waals surface area contributed by atoms with Gasteiger partial charge in [-0.05, 0) is 152 Å². The standard InChI is InChI=1S/C84H80B2N4OS/c1-7-27-57(28-8-1)58-47-49-64(50-48-58)88(73-43-23-19-39-67(73)59-29-9-2-10-30-59)66-52-78-84-82(54-66)92-81-56-76-71(55-72(81)85(84)69-41-21-25-45-75(69)89(78)63-37-17-6-18-38-63)86-70-42-22-26-46-79(70)91-80-53-65(87(61-33-13-4-14-34-61)62-35-15-5-16-36-62)51-77(83(80)86)90(76)74-44-24-20-40-68(74)60-31-11-3-12-32-60/h1-4,6-13,17-32,37-50,55-56,61-62,65-66,72,77-78,80-84H,5,14-16,33-36,51-54H2. The van der Waals surface area contributed by atoms with Crippen LogP contribution >= 0.6 is 11.8 Å². The number of allylic oxidation sites excluding steroid dienone is 3. The molecular formula is C84H80B2N4OS. The summed E-state index contributed by atoms with van der Waals surface area (Å²) >= 11 is 2.33. The summed E-state index contributed by atoms with van der Waals surface area (Å²) in [5.41, 5.74) is 20.0. The molecule has 11 unspecified atom stereocenters. The second-order valence-corrected chi connectivity index (χ2v) is 29.4. The average Bonchev–Trinajstić information content (AvgIpc) is 0.696. The van der Waals surface area contributed by atoms with E-state index in [9.17, 15) is 0 Å². The van der Waals surface area contributed by atoms with Gasteiger partial charge in [0.2, 0.25) is 6.71 Å². The summed E-state index contributed by atoms with van der Waals surface area (Å²) in [5.74, 6) is 2.06. The molecule has 2 saturated heterocycles. The summed E-state index contributed by atoms with van der Waals surface area (Å²) in [7, 11) is 0. The van der Waals surface area contributed by atoms with Gasteiger partial charge in [0.05, 0.1) is 6.10 Å². The third-order valence-corrected chi connectivity index (χ3v) is 24.9. The minimum absolute atomic E-state index is 0.0829. The lowest BCUT2D eigenvalue weighted by molar-refractivity contribution is -0.000817. The van der Waals surface area contributed by atoms with Crippen LogP contribution in [0.15, 0.2) is 278 Å². The summed E-state index contributed by atoms with van der Waals surface area (Å²) in [6.45, 7) is 0.524. The van der Waals surface area contributed by atoms with E-state index in [2.05, 4.69) is 298 Å². The van der Waals surface area contributed by atoms with Crippen LogP contribution in [-0.2, 0) is 0 Å². The number of fused-ring (bicyclic) bond motifs is 8. The molecule has 5 fully saturated rings. The number of ether oxygens (including phenoxy) is 1. The van der Waals surface area contributed by atoms with Gasteiger partial charge in [-0.1, -0.05) is 243 Å². The number of hydrogen-bond donors (Lipinski definition) is 0. The number of nitrogens with zero attached hydrogens (tertiary/aromatic N) is 4. The van der Waals surface area contributed by atoms with Gasteiger partial charge in [-0.3, -0.25) is 4.90 Å². The first-order valence-electron chi connectivity index (χ1n) is 34.9. The zero-order chi connectivity index (χ0) is 60.6. The van der Waals surface area contributed by atoms with Crippen molar-refractivity contribution in [1.82, 2.24) is 4.90 Å². The Morgan fingerprint density at radius 1 is 0.457 bits per heavy atom. The number of para-hydroxylation sites is 5. The van der Waals surface area contributed by atoms with Crippen LogP contribution in [-0.4, -0.2) is 71.2 Å². The molecule has 5 nitrogen and oxygen atoms in total. The zero-order valence-corrected chi connectivity index (χ0v) is 53.4. The van der Waals surface area contributed by atoms with Gasteiger partial charge in [-0.15, -0.1) is 0 Å². The Kier molecular flexibility index (Phi) is 14.8. The predicted molar refractivity (Wildman–Crippen MR) is 389 cm³/mol. The zero-order valence-electron chi connectivity index (χ0n) is 52.6. The molecule has 4 heterocycles.